The Morgan fingerprint density at radius 3 is 2.68 bits per heavy atom. The lowest BCUT2D eigenvalue weighted by atomic mass is 10.3. The Kier molecular flexibility index (Phi) is 3.40. The van der Waals surface area contributed by atoms with Gasteiger partial charge in [-0.05, 0) is 19.9 Å². The predicted molar refractivity (Wildman–Crippen MR) is 68.8 cm³/mol. The number of hydrogen-bond donors (Lipinski definition) is 3. The molecule has 0 bridgehead atoms. The minimum Gasteiger partial charge on any atom is -0.337 e. The van der Waals surface area contributed by atoms with Crippen LogP contribution in [-0.2, 0) is 10.0 Å². The van der Waals surface area contributed by atoms with Crippen molar-refractivity contribution < 1.29 is 12.9 Å². The minimum absolute atomic E-state index is 0.0175. The van der Waals surface area contributed by atoms with E-state index < -0.39 is 10.0 Å². The molecule has 0 aliphatic rings. The zero-order chi connectivity index (χ0) is 14.0. The van der Waals surface area contributed by atoms with Crippen molar-refractivity contribution in [2.45, 2.75) is 18.7 Å². The summed E-state index contributed by atoms with van der Waals surface area (Å²) in [6, 6.07) is 2.66. The van der Waals surface area contributed by atoms with Crippen molar-refractivity contribution in [2.24, 2.45) is 5.84 Å². The van der Waals surface area contributed by atoms with Gasteiger partial charge in [-0.1, -0.05) is 5.16 Å². The summed E-state index contributed by atoms with van der Waals surface area (Å²) in [7, 11) is -3.77. The Morgan fingerprint density at radius 2 is 2.11 bits per heavy atom. The van der Waals surface area contributed by atoms with Crippen molar-refractivity contribution in [1.82, 2.24) is 10.1 Å². The van der Waals surface area contributed by atoms with Gasteiger partial charge in [-0.2, -0.15) is 0 Å². The summed E-state index contributed by atoms with van der Waals surface area (Å²) < 4.78 is 31.5. The number of anilines is 2. The van der Waals surface area contributed by atoms with Gasteiger partial charge in [0.2, 0.25) is 5.88 Å². The number of nitrogens with zero attached hydrogens (tertiary/aromatic N) is 2. The Labute approximate surface area is 110 Å². The lowest BCUT2D eigenvalue weighted by Gasteiger charge is -2.06. The van der Waals surface area contributed by atoms with Crippen molar-refractivity contribution in [3.05, 3.63) is 29.6 Å². The fourth-order valence-electron chi connectivity index (χ4n) is 1.35. The molecule has 2 aromatic rings. The second kappa shape index (κ2) is 4.86. The molecule has 0 fully saturated rings. The molecule has 0 aromatic carbocycles. The Hall–Kier alpha value is -2.13. The molecule has 19 heavy (non-hydrogen) atoms. The van der Waals surface area contributed by atoms with Gasteiger partial charge in [-0.25, -0.2) is 24.0 Å². The van der Waals surface area contributed by atoms with Crippen LogP contribution in [0.1, 0.15) is 11.3 Å². The van der Waals surface area contributed by atoms with Crippen molar-refractivity contribution in [2.75, 3.05) is 10.1 Å². The number of nitrogen functional groups attached to an aromatic ring is 1. The van der Waals surface area contributed by atoms with Gasteiger partial charge in [0, 0.05) is 17.8 Å². The Morgan fingerprint density at radius 1 is 1.37 bits per heavy atom. The minimum atomic E-state index is -3.77. The second-order valence-corrected chi connectivity index (χ2v) is 5.53. The molecule has 2 aromatic heterocycles. The molecule has 0 amide bonds. The first-order valence-electron chi connectivity index (χ1n) is 5.32. The lowest BCUT2D eigenvalue weighted by Crippen LogP contribution is -2.15. The molecule has 0 unspecified atom stereocenters. The van der Waals surface area contributed by atoms with Crippen LogP contribution in [0.3, 0.4) is 0 Å². The summed E-state index contributed by atoms with van der Waals surface area (Å²) in [5.74, 6) is 5.52. The first-order valence-corrected chi connectivity index (χ1v) is 6.80. The van der Waals surface area contributed by atoms with Gasteiger partial charge in [-0.15, -0.1) is 0 Å². The largest absolute Gasteiger partial charge is 0.337 e. The first kappa shape index (κ1) is 13.3. The van der Waals surface area contributed by atoms with Crippen LogP contribution < -0.4 is 16.0 Å². The van der Waals surface area contributed by atoms with E-state index in [9.17, 15) is 8.42 Å². The summed E-state index contributed by atoms with van der Waals surface area (Å²) in [5.41, 5.74) is 3.54. The van der Waals surface area contributed by atoms with E-state index in [0.717, 1.165) is 0 Å². The van der Waals surface area contributed by atoms with Crippen molar-refractivity contribution >= 4 is 21.7 Å². The third-order valence-corrected chi connectivity index (χ3v) is 3.90. The molecule has 4 N–H and O–H groups in total. The number of rotatable bonds is 4. The summed E-state index contributed by atoms with van der Waals surface area (Å²) >= 11 is 0. The van der Waals surface area contributed by atoms with Crippen LogP contribution in [0.2, 0.25) is 0 Å². The van der Waals surface area contributed by atoms with Crippen LogP contribution in [-0.4, -0.2) is 18.6 Å². The highest BCUT2D eigenvalue weighted by Crippen LogP contribution is 2.22. The van der Waals surface area contributed by atoms with Crippen LogP contribution in [0, 0.1) is 13.8 Å². The van der Waals surface area contributed by atoms with E-state index in [2.05, 4.69) is 20.3 Å². The first-order chi connectivity index (χ1) is 8.94. The fraction of sp³-hybridized carbons (Fsp3) is 0.200. The Bertz CT molecular complexity index is 695. The van der Waals surface area contributed by atoms with Crippen molar-refractivity contribution in [1.29, 1.82) is 0 Å². The highest BCUT2D eigenvalue weighted by Gasteiger charge is 2.19. The van der Waals surface area contributed by atoms with Gasteiger partial charge in [-0.3, -0.25) is 0 Å². The quantitative estimate of drug-likeness (QED) is 0.559. The number of sulfonamides is 1. The smallest absolute Gasteiger partial charge is 0.264 e. The monoisotopic (exact) mass is 283 g/mol. The predicted octanol–water partition coefficient (Wildman–Crippen LogP) is 0.773. The maximum absolute atomic E-state index is 12.1. The van der Waals surface area contributed by atoms with Crippen LogP contribution in [0.15, 0.2) is 27.7 Å². The summed E-state index contributed by atoms with van der Waals surface area (Å²) in [6.45, 7) is 3.43. The zero-order valence-electron chi connectivity index (χ0n) is 10.3. The third kappa shape index (κ3) is 2.66. The Balaban J connectivity index is 2.35. The third-order valence-electron chi connectivity index (χ3n) is 2.57. The van der Waals surface area contributed by atoms with E-state index in [4.69, 9.17) is 10.4 Å². The normalized spacial score (nSPS) is 11.3. The average molecular weight is 283 g/mol. The number of hydrogen-bond acceptors (Lipinski definition) is 7. The van der Waals surface area contributed by atoms with E-state index >= 15 is 0 Å². The topological polar surface area (TPSA) is 123 Å². The molecule has 0 aliphatic carbocycles. The number of aryl methyl sites for hydroxylation is 1. The molecular weight excluding hydrogens is 270 g/mol. The molecule has 2 rings (SSSR count). The molecule has 8 nitrogen and oxygen atoms in total. The average Bonchev–Trinajstić information content (AvgIpc) is 2.70. The SMILES string of the molecule is Cc1noc(NS(=O)(=O)c2ccnc(NN)c2)c1C. The molecule has 9 heteroatoms. The molecule has 2 heterocycles. The van der Waals surface area contributed by atoms with Crippen LogP contribution in [0.4, 0.5) is 11.7 Å². The van der Waals surface area contributed by atoms with Crippen molar-refractivity contribution in [3.8, 4) is 0 Å². The number of hydrazine groups is 1. The van der Waals surface area contributed by atoms with Gasteiger partial charge < -0.3 is 9.95 Å². The van der Waals surface area contributed by atoms with Crippen molar-refractivity contribution in [3.63, 3.8) is 0 Å². The number of pyridine rings is 1. The molecular formula is C10H13N5O3S. The maximum atomic E-state index is 12.1. The second-order valence-electron chi connectivity index (χ2n) is 3.85. The van der Waals surface area contributed by atoms with Gasteiger partial charge >= 0.3 is 0 Å². The molecule has 0 radical (unpaired) electrons. The molecule has 102 valence electrons. The summed E-state index contributed by atoms with van der Waals surface area (Å²) in [6.07, 6.45) is 1.34. The molecule has 0 atom stereocenters. The molecule has 0 spiro atoms. The fourth-order valence-corrected chi connectivity index (χ4v) is 2.41. The van der Waals surface area contributed by atoms with Gasteiger partial charge in [0.05, 0.1) is 10.6 Å². The maximum Gasteiger partial charge on any atom is 0.264 e. The highest BCUT2D eigenvalue weighted by molar-refractivity contribution is 7.92. The van der Waals surface area contributed by atoms with E-state index in [-0.39, 0.29) is 16.6 Å². The number of nitrogens with two attached hydrogens (primary N) is 1. The standard InChI is InChI=1S/C10H13N5O3S/c1-6-7(2)14-18-10(6)15-19(16,17)8-3-4-12-9(5-8)13-11/h3-5,15H,11H2,1-2H3,(H,12,13). The van der Waals surface area contributed by atoms with Crippen LogP contribution in [0.25, 0.3) is 0 Å². The summed E-state index contributed by atoms with van der Waals surface area (Å²) in [4.78, 5) is 3.85. The summed E-state index contributed by atoms with van der Waals surface area (Å²) in [5, 5.41) is 3.68. The highest BCUT2D eigenvalue weighted by atomic mass is 32.2. The van der Waals surface area contributed by atoms with E-state index in [1.807, 2.05) is 0 Å². The molecule has 0 saturated heterocycles. The molecule has 0 aliphatic heterocycles. The zero-order valence-corrected chi connectivity index (χ0v) is 11.2. The lowest BCUT2D eigenvalue weighted by molar-refractivity contribution is 0.430. The van der Waals surface area contributed by atoms with Gasteiger partial charge in [0.25, 0.3) is 10.0 Å². The van der Waals surface area contributed by atoms with E-state index in [1.165, 1.54) is 18.3 Å². The van der Waals surface area contributed by atoms with Gasteiger partial charge in [0.1, 0.15) is 5.82 Å². The van der Waals surface area contributed by atoms with E-state index in [0.29, 0.717) is 11.3 Å². The van der Waals surface area contributed by atoms with Crippen LogP contribution >= 0.6 is 0 Å². The van der Waals surface area contributed by atoms with Crippen LogP contribution in [0.5, 0.6) is 0 Å². The van der Waals surface area contributed by atoms with E-state index in [1.54, 1.807) is 13.8 Å². The molecule has 0 saturated carbocycles. The number of nitrogens with one attached hydrogen (secondary N) is 2. The van der Waals surface area contributed by atoms with Gasteiger partial charge in [0.15, 0.2) is 0 Å². The number of aromatic nitrogens is 2.